The maximum absolute atomic E-state index is 12.2. The van der Waals surface area contributed by atoms with Crippen LogP contribution < -0.4 is 10.6 Å². The van der Waals surface area contributed by atoms with Gasteiger partial charge in [0.05, 0.1) is 11.8 Å². The number of hydrogen-bond acceptors (Lipinski definition) is 6. The molecule has 1 atom stereocenters. The zero-order chi connectivity index (χ0) is 16.7. The van der Waals surface area contributed by atoms with Gasteiger partial charge >= 0.3 is 6.09 Å². The van der Waals surface area contributed by atoms with Gasteiger partial charge in [0, 0.05) is 13.1 Å². The van der Waals surface area contributed by atoms with Crippen LogP contribution in [0.1, 0.15) is 32.6 Å². The first-order chi connectivity index (χ1) is 10.1. The lowest BCUT2D eigenvalue weighted by Gasteiger charge is -2.24. The highest BCUT2D eigenvalue weighted by Crippen LogP contribution is 2.24. The van der Waals surface area contributed by atoms with Gasteiger partial charge < -0.3 is 15.6 Å². The van der Waals surface area contributed by atoms with Gasteiger partial charge in [-0.05, 0) is 20.8 Å². The molecule has 3 N–H and O–H groups in total. The Hall–Kier alpha value is -1.90. The predicted octanol–water partition coefficient (Wildman–Crippen LogP) is 1.70. The van der Waals surface area contributed by atoms with Crippen LogP contribution in [0.15, 0.2) is 12.3 Å². The van der Waals surface area contributed by atoms with E-state index in [9.17, 15) is 9.90 Å². The molecular weight excluding hydrogens is 310 g/mol. The van der Waals surface area contributed by atoms with Gasteiger partial charge in [-0.1, -0.05) is 11.6 Å². The van der Waals surface area contributed by atoms with Crippen LogP contribution in [0.25, 0.3) is 5.65 Å². The molecule has 2 aromatic rings. The third-order valence-electron chi connectivity index (χ3n) is 2.78. The van der Waals surface area contributed by atoms with Crippen molar-refractivity contribution < 1.29 is 14.6 Å². The highest BCUT2D eigenvalue weighted by atomic mass is 35.5. The number of ether oxygens (including phenoxy) is 1. The molecule has 0 saturated carbocycles. The molecule has 0 aliphatic carbocycles. The average Bonchev–Trinajstić information content (AvgIpc) is 2.78. The van der Waals surface area contributed by atoms with E-state index < -0.39 is 17.9 Å². The number of amides is 1. The van der Waals surface area contributed by atoms with Crippen molar-refractivity contribution in [3.05, 3.63) is 23.0 Å². The first-order valence-corrected chi connectivity index (χ1v) is 6.92. The van der Waals surface area contributed by atoms with Gasteiger partial charge in [-0.15, -0.1) is 0 Å². The molecular formula is C13H18ClN5O3. The summed E-state index contributed by atoms with van der Waals surface area (Å²) in [6.07, 6.45) is -0.444. The molecule has 0 saturated heterocycles. The number of aromatic nitrogens is 3. The monoisotopic (exact) mass is 327 g/mol. The summed E-state index contributed by atoms with van der Waals surface area (Å²) < 4.78 is 6.67. The molecule has 0 radical (unpaired) electrons. The van der Waals surface area contributed by atoms with E-state index in [1.54, 1.807) is 20.8 Å². The molecule has 2 rings (SSSR count). The lowest BCUT2D eigenvalue weighted by Crippen LogP contribution is -2.35. The number of nitrogens with zero attached hydrogens (tertiary/aromatic N) is 4. The Kier molecular flexibility index (Phi) is 4.28. The first kappa shape index (κ1) is 16.5. The number of halogens is 1. The molecule has 0 fully saturated rings. The van der Waals surface area contributed by atoms with Crippen LogP contribution in [-0.4, -0.2) is 38.4 Å². The molecule has 8 nitrogen and oxygen atoms in total. The Labute approximate surface area is 132 Å². The standard InChI is InChI=1S/C13H18ClN5O3/c1-13(2,3)22-12(21)18(4)9-5-8(14)17-11-7(10(15)20)6-16-19(9)11/h5-6,10,20H,15H2,1-4H3. The van der Waals surface area contributed by atoms with Crippen LogP contribution in [-0.2, 0) is 4.74 Å². The number of hydrogen-bond donors (Lipinski definition) is 2. The summed E-state index contributed by atoms with van der Waals surface area (Å²) >= 11 is 5.99. The normalized spacial score (nSPS) is 13.2. The fourth-order valence-corrected chi connectivity index (χ4v) is 1.98. The second-order valence-electron chi connectivity index (χ2n) is 5.76. The van der Waals surface area contributed by atoms with Crippen LogP contribution in [0.3, 0.4) is 0 Å². The van der Waals surface area contributed by atoms with E-state index in [1.807, 2.05) is 0 Å². The maximum Gasteiger partial charge on any atom is 0.415 e. The van der Waals surface area contributed by atoms with Crippen LogP contribution in [0.5, 0.6) is 0 Å². The molecule has 1 unspecified atom stereocenters. The summed E-state index contributed by atoms with van der Waals surface area (Å²) in [4.78, 5) is 17.5. The lowest BCUT2D eigenvalue weighted by atomic mass is 10.2. The number of aliphatic hydroxyl groups is 1. The van der Waals surface area contributed by atoms with E-state index in [0.717, 1.165) is 0 Å². The minimum Gasteiger partial charge on any atom is -0.443 e. The summed E-state index contributed by atoms with van der Waals surface area (Å²) in [5.74, 6) is 0.344. The Morgan fingerprint density at radius 1 is 1.55 bits per heavy atom. The first-order valence-electron chi connectivity index (χ1n) is 6.54. The van der Waals surface area contributed by atoms with Gasteiger partial charge in [-0.3, -0.25) is 4.90 Å². The zero-order valence-electron chi connectivity index (χ0n) is 12.7. The van der Waals surface area contributed by atoms with Crippen molar-refractivity contribution >= 4 is 29.2 Å². The highest BCUT2D eigenvalue weighted by Gasteiger charge is 2.24. The number of carbonyl (C=O) groups is 1. The van der Waals surface area contributed by atoms with E-state index >= 15 is 0 Å². The fraction of sp³-hybridized carbons (Fsp3) is 0.462. The van der Waals surface area contributed by atoms with E-state index in [4.69, 9.17) is 22.1 Å². The highest BCUT2D eigenvalue weighted by molar-refractivity contribution is 6.29. The van der Waals surface area contributed by atoms with Gasteiger partial charge in [-0.2, -0.15) is 9.61 Å². The van der Waals surface area contributed by atoms with Crippen LogP contribution >= 0.6 is 11.6 Å². The summed E-state index contributed by atoms with van der Waals surface area (Å²) in [5.41, 5.74) is 5.40. The third kappa shape index (κ3) is 3.29. The molecule has 1 amide bonds. The average molecular weight is 328 g/mol. The molecule has 0 spiro atoms. The van der Waals surface area contributed by atoms with E-state index in [-0.39, 0.29) is 10.8 Å². The van der Waals surface area contributed by atoms with E-state index in [0.29, 0.717) is 11.4 Å². The minimum atomic E-state index is -1.25. The Bertz CT molecular complexity index is 707. The lowest BCUT2D eigenvalue weighted by molar-refractivity contribution is 0.0587. The number of aliphatic hydroxyl groups excluding tert-OH is 1. The Morgan fingerprint density at radius 2 is 2.18 bits per heavy atom. The predicted molar refractivity (Wildman–Crippen MR) is 81.8 cm³/mol. The van der Waals surface area contributed by atoms with Crippen molar-refractivity contribution in [2.24, 2.45) is 5.73 Å². The molecule has 120 valence electrons. The van der Waals surface area contributed by atoms with Crippen LogP contribution in [0.2, 0.25) is 5.15 Å². The van der Waals surface area contributed by atoms with Gasteiger partial charge in [-0.25, -0.2) is 9.78 Å². The largest absolute Gasteiger partial charge is 0.443 e. The SMILES string of the molecule is CN(C(=O)OC(C)(C)C)c1cc(Cl)nc2c(C(N)O)cnn12. The van der Waals surface area contributed by atoms with Gasteiger partial charge in [0.25, 0.3) is 0 Å². The third-order valence-corrected chi connectivity index (χ3v) is 2.97. The van der Waals surface area contributed by atoms with Gasteiger partial charge in [0.1, 0.15) is 22.8 Å². The van der Waals surface area contributed by atoms with Crippen molar-refractivity contribution in [3.63, 3.8) is 0 Å². The number of anilines is 1. The Balaban J connectivity index is 2.49. The van der Waals surface area contributed by atoms with E-state index in [2.05, 4.69) is 10.1 Å². The Morgan fingerprint density at radius 3 is 2.73 bits per heavy atom. The summed E-state index contributed by atoms with van der Waals surface area (Å²) in [7, 11) is 1.53. The summed E-state index contributed by atoms with van der Waals surface area (Å²) in [6.45, 7) is 5.31. The van der Waals surface area contributed by atoms with Crippen LogP contribution in [0.4, 0.5) is 10.6 Å². The molecule has 22 heavy (non-hydrogen) atoms. The fourth-order valence-electron chi connectivity index (χ4n) is 1.81. The summed E-state index contributed by atoms with van der Waals surface area (Å²) in [6, 6.07) is 1.47. The maximum atomic E-state index is 12.2. The van der Waals surface area contributed by atoms with Crippen molar-refractivity contribution in [1.29, 1.82) is 0 Å². The van der Waals surface area contributed by atoms with Crippen molar-refractivity contribution in [2.45, 2.75) is 32.6 Å². The van der Waals surface area contributed by atoms with Gasteiger partial charge in [0.2, 0.25) is 0 Å². The molecule has 0 aliphatic rings. The molecule has 0 bridgehead atoms. The van der Waals surface area contributed by atoms with Crippen molar-refractivity contribution in [3.8, 4) is 0 Å². The quantitative estimate of drug-likeness (QED) is 0.642. The molecule has 0 aromatic carbocycles. The molecule has 2 aromatic heterocycles. The smallest absolute Gasteiger partial charge is 0.415 e. The number of carbonyl (C=O) groups excluding carboxylic acids is 1. The molecule has 2 heterocycles. The van der Waals surface area contributed by atoms with Crippen molar-refractivity contribution in [2.75, 3.05) is 11.9 Å². The zero-order valence-corrected chi connectivity index (χ0v) is 13.5. The number of rotatable bonds is 2. The molecule has 9 heteroatoms. The topological polar surface area (TPSA) is 106 Å². The number of fused-ring (bicyclic) bond motifs is 1. The van der Waals surface area contributed by atoms with Gasteiger partial charge in [0.15, 0.2) is 5.65 Å². The number of nitrogens with two attached hydrogens (primary N) is 1. The summed E-state index contributed by atoms with van der Waals surface area (Å²) in [5, 5.41) is 13.8. The molecule has 0 aliphatic heterocycles. The van der Waals surface area contributed by atoms with Crippen molar-refractivity contribution in [1.82, 2.24) is 14.6 Å². The second kappa shape index (κ2) is 5.71. The minimum absolute atomic E-state index is 0.139. The second-order valence-corrected chi connectivity index (χ2v) is 6.14. The van der Waals surface area contributed by atoms with E-state index in [1.165, 1.54) is 28.7 Å². The van der Waals surface area contributed by atoms with Crippen LogP contribution in [0, 0.1) is 0 Å².